The van der Waals surface area contributed by atoms with Crippen LogP contribution in [0.1, 0.15) is 11.6 Å². The highest BCUT2D eigenvalue weighted by molar-refractivity contribution is 7.89. The summed E-state index contributed by atoms with van der Waals surface area (Å²) in [6.07, 6.45) is -4.08. The van der Waals surface area contributed by atoms with Crippen LogP contribution in [0.2, 0.25) is 5.02 Å². The van der Waals surface area contributed by atoms with Crippen LogP contribution in [0.15, 0.2) is 47.5 Å². The van der Waals surface area contributed by atoms with Crippen LogP contribution in [0, 0.1) is 0 Å². The lowest BCUT2D eigenvalue weighted by Gasteiger charge is -2.31. The molecule has 0 bridgehead atoms. The second kappa shape index (κ2) is 9.48. The Hall–Kier alpha value is -1.92. The summed E-state index contributed by atoms with van der Waals surface area (Å²) in [7, 11) is -4.05. The number of nitrogens with one attached hydrogen (secondary N) is 2. The van der Waals surface area contributed by atoms with Crippen molar-refractivity contribution in [2.75, 3.05) is 32.7 Å². The largest absolute Gasteiger partial charge is 0.574 e. The SMILES string of the molecule is O=S(=O)(NC(CN1CCNCC1)c1ccc(Cl)cc1)c1ccc(OC(F)(F)F)nc1. The number of hydrogen-bond donors (Lipinski definition) is 2. The number of piperazine rings is 1. The fourth-order valence-corrected chi connectivity index (χ4v) is 4.30. The third kappa shape index (κ3) is 6.54. The van der Waals surface area contributed by atoms with Crippen LogP contribution in [0.25, 0.3) is 0 Å². The molecule has 2 N–H and O–H groups in total. The number of pyridine rings is 1. The number of sulfonamides is 1. The van der Waals surface area contributed by atoms with E-state index in [4.69, 9.17) is 11.6 Å². The highest BCUT2D eigenvalue weighted by atomic mass is 35.5. The zero-order valence-corrected chi connectivity index (χ0v) is 17.3. The quantitative estimate of drug-likeness (QED) is 0.655. The maximum atomic E-state index is 12.8. The molecule has 0 radical (unpaired) electrons. The van der Waals surface area contributed by atoms with E-state index in [2.05, 4.69) is 24.7 Å². The average Bonchev–Trinajstić information content (AvgIpc) is 2.68. The Labute approximate surface area is 177 Å². The minimum Gasteiger partial charge on any atom is -0.388 e. The number of hydrogen-bond acceptors (Lipinski definition) is 6. The molecule has 1 aliphatic heterocycles. The summed E-state index contributed by atoms with van der Waals surface area (Å²) in [5.41, 5.74) is 0.714. The molecule has 2 heterocycles. The van der Waals surface area contributed by atoms with E-state index < -0.39 is 28.3 Å². The molecule has 1 aromatic heterocycles. The normalized spacial score (nSPS) is 16.9. The van der Waals surface area contributed by atoms with Crippen LogP contribution in [-0.2, 0) is 10.0 Å². The van der Waals surface area contributed by atoms with E-state index in [1.165, 1.54) is 0 Å². The molecule has 1 saturated heterocycles. The first kappa shape index (κ1) is 22.8. The van der Waals surface area contributed by atoms with Crippen molar-refractivity contribution in [3.8, 4) is 5.88 Å². The van der Waals surface area contributed by atoms with Gasteiger partial charge in [-0.25, -0.2) is 18.1 Å². The van der Waals surface area contributed by atoms with Crippen molar-refractivity contribution in [1.29, 1.82) is 0 Å². The molecule has 30 heavy (non-hydrogen) atoms. The first-order chi connectivity index (χ1) is 14.1. The minimum absolute atomic E-state index is 0.267. The first-order valence-electron chi connectivity index (χ1n) is 9.05. The van der Waals surface area contributed by atoms with Gasteiger partial charge in [0.1, 0.15) is 4.90 Å². The molecule has 1 fully saturated rings. The predicted octanol–water partition coefficient (Wildman–Crippen LogP) is 2.56. The molecule has 3 rings (SSSR count). The maximum Gasteiger partial charge on any atom is 0.574 e. The summed E-state index contributed by atoms with van der Waals surface area (Å²) in [5, 5.41) is 3.75. The van der Waals surface area contributed by atoms with Gasteiger partial charge in [-0.15, -0.1) is 13.2 Å². The molecule has 0 amide bonds. The van der Waals surface area contributed by atoms with Gasteiger partial charge in [0.05, 0.1) is 12.2 Å². The average molecular weight is 465 g/mol. The molecule has 164 valence electrons. The Kier molecular flexibility index (Phi) is 7.19. The van der Waals surface area contributed by atoms with Gasteiger partial charge < -0.3 is 10.1 Å². The summed E-state index contributed by atoms with van der Waals surface area (Å²) in [5.74, 6) is -0.739. The summed E-state index contributed by atoms with van der Waals surface area (Å²) in [6.45, 7) is 3.54. The zero-order chi connectivity index (χ0) is 21.8. The Morgan fingerprint density at radius 2 is 1.83 bits per heavy atom. The van der Waals surface area contributed by atoms with E-state index in [0.717, 1.165) is 44.5 Å². The van der Waals surface area contributed by atoms with Gasteiger partial charge in [-0.1, -0.05) is 23.7 Å². The first-order valence-corrected chi connectivity index (χ1v) is 10.9. The molecular weight excluding hydrogens is 445 g/mol. The summed E-state index contributed by atoms with van der Waals surface area (Å²) >= 11 is 5.94. The van der Waals surface area contributed by atoms with Crippen molar-refractivity contribution in [3.05, 3.63) is 53.2 Å². The van der Waals surface area contributed by atoms with E-state index >= 15 is 0 Å². The van der Waals surface area contributed by atoms with Gasteiger partial charge >= 0.3 is 6.36 Å². The molecule has 1 aromatic carbocycles. The van der Waals surface area contributed by atoms with Crippen molar-refractivity contribution in [2.45, 2.75) is 17.3 Å². The number of rotatable bonds is 7. The fraction of sp³-hybridized carbons (Fsp3) is 0.389. The monoisotopic (exact) mass is 464 g/mol. The lowest BCUT2D eigenvalue weighted by Crippen LogP contribution is -2.47. The van der Waals surface area contributed by atoms with Crippen LogP contribution in [0.4, 0.5) is 13.2 Å². The van der Waals surface area contributed by atoms with Crippen LogP contribution in [0.5, 0.6) is 5.88 Å². The third-order valence-electron chi connectivity index (χ3n) is 4.46. The van der Waals surface area contributed by atoms with E-state index in [1.54, 1.807) is 24.3 Å². The number of alkyl halides is 3. The number of ether oxygens (including phenoxy) is 1. The highest BCUT2D eigenvalue weighted by Gasteiger charge is 2.32. The van der Waals surface area contributed by atoms with Crippen molar-refractivity contribution in [1.82, 2.24) is 19.9 Å². The Morgan fingerprint density at radius 3 is 2.40 bits per heavy atom. The van der Waals surface area contributed by atoms with Crippen molar-refractivity contribution >= 4 is 21.6 Å². The highest BCUT2D eigenvalue weighted by Crippen LogP contribution is 2.24. The van der Waals surface area contributed by atoms with E-state index in [9.17, 15) is 21.6 Å². The van der Waals surface area contributed by atoms with Crippen LogP contribution in [-0.4, -0.2) is 57.4 Å². The number of aromatic nitrogens is 1. The van der Waals surface area contributed by atoms with Crippen molar-refractivity contribution in [2.24, 2.45) is 0 Å². The Balaban J connectivity index is 1.80. The molecule has 0 spiro atoms. The maximum absolute atomic E-state index is 12.8. The second-order valence-electron chi connectivity index (χ2n) is 6.66. The zero-order valence-electron chi connectivity index (χ0n) is 15.7. The van der Waals surface area contributed by atoms with Crippen molar-refractivity contribution in [3.63, 3.8) is 0 Å². The Bertz CT molecular complexity index is 935. The molecule has 0 saturated carbocycles. The Morgan fingerprint density at radius 1 is 1.17 bits per heavy atom. The number of nitrogens with zero attached hydrogens (tertiary/aromatic N) is 2. The number of benzene rings is 1. The smallest absolute Gasteiger partial charge is 0.388 e. The van der Waals surface area contributed by atoms with E-state index in [0.29, 0.717) is 17.1 Å². The molecule has 1 unspecified atom stereocenters. The van der Waals surface area contributed by atoms with E-state index in [-0.39, 0.29) is 4.90 Å². The van der Waals surface area contributed by atoms with Gasteiger partial charge in [0, 0.05) is 43.8 Å². The van der Waals surface area contributed by atoms with Gasteiger partial charge in [-0.2, -0.15) is 0 Å². The van der Waals surface area contributed by atoms with Crippen LogP contribution < -0.4 is 14.8 Å². The summed E-state index contributed by atoms with van der Waals surface area (Å²) < 4.78 is 68.8. The number of halogens is 4. The molecule has 0 aliphatic carbocycles. The standard InChI is InChI=1S/C18H20ClF3N4O3S/c19-14-3-1-13(2-4-14)16(12-26-9-7-23-8-10-26)25-30(27,28)15-5-6-17(24-11-15)29-18(20,21)22/h1-6,11,16,23,25H,7-10,12H2. The lowest BCUT2D eigenvalue weighted by molar-refractivity contribution is -0.276. The molecule has 2 aromatic rings. The third-order valence-corrected chi connectivity index (χ3v) is 6.17. The fourth-order valence-electron chi connectivity index (χ4n) is 3.02. The molecule has 12 heteroatoms. The topological polar surface area (TPSA) is 83.6 Å². The second-order valence-corrected chi connectivity index (χ2v) is 8.81. The molecule has 1 atom stereocenters. The van der Waals surface area contributed by atoms with Gasteiger partial charge in [-0.3, -0.25) is 4.90 Å². The minimum atomic E-state index is -4.91. The van der Waals surface area contributed by atoms with E-state index in [1.807, 2.05) is 0 Å². The molecule has 7 nitrogen and oxygen atoms in total. The molecule has 1 aliphatic rings. The van der Waals surface area contributed by atoms with Crippen molar-refractivity contribution < 1.29 is 26.3 Å². The van der Waals surface area contributed by atoms with Gasteiger partial charge in [-0.05, 0) is 23.8 Å². The lowest BCUT2D eigenvalue weighted by atomic mass is 10.1. The van der Waals surface area contributed by atoms with Crippen LogP contribution in [0.3, 0.4) is 0 Å². The summed E-state index contributed by atoms with van der Waals surface area (Å²) in [4.78, 5) is 5.29. The van der Waals surface area contributed by atoms with Crippen LogP contribution >= 0.6 is 11.6 Å². The van der Waals surface area contributed by atoms with Gasteiger partial charge in [0.2, 0.25) is 15.9 Å². The molecular formula is C18H20ClF3N4O3S. The summed E-state index contributed by atoms with van der Waals surface area (Å²) in [6, 6.07) is 8.08. The van der Waals surface area contributed by atoms with Gasteiger partial charge in [0.15, 0.2) is 0 Å². The van der Waals surface area contributed by atoms with Gasteiger partial charge in [0.25, 0.3) is 0 Å². The predicted molar refractivity (Wildman–Crippen MR) is 105 cm³/mol.